The first-order valence-corrected chi connectivity index (χ1v) is 9.20. The Labute approximate surface area is 165 Å². The van der Waals surface area contributed by atoms with Crippen LogP contribution in [0.3, 0.4) is 0 Å². The molecule has 0 saturated carbocycles. The van der Waals surface area contributed by atoms with Crippen LogP contribution in [0.4, 0.5) is 11.4 Å². The molecule has 2 aromatic carbocycles. The number of nitrogens with one attached hydrogen (secondary N) is 1. The summed E-state index contributed by atoms with van der Waals surface area (Å²) in [5.74, 6) is -0.313. The summed E-state index contributed by atoms with van der Waals surface area (Å²) in [4.78, 5) is 31.8. The lowest BCUT2D eigenvalue weighted by atomic mass is 10.1. The third-order valence-corrected chi connectivity index (χ3v) is 4.74. The van der Waals surface area contributed by atoms with E-state index in [0.717, 1.165) is 28.1 Å². The predicted octanol–water partition coefficient (Wildman–Crippen LogP) is 3.90. The Bertz CT molecular complexity index is 1040. The number of aryl methyl sites for hydroxylation is 2. The van der Waals surface area contributed by atoms with Gasteiger partial charge in [-0.1, -0.05) is 24.3 Å². The molecule has 0 spiro atoms. The predicted molar refractivity (Wildman–Crippen MR) is 114 cm³/mol. The number of aromatic amines is 1. The highest BCUT2D eigenvalue weighted by atomic mass is 16.2. The van der Waals surface area contributed by atoms with E-state index in [1.165, 1.54) is 6.20 Å². The molecule has 5 nitrogen and oxygen atoms in total. The molecule has 0 saturated heterocycles. The smallest absolute Gasteiger partial charge is 0.264 e. The number of pyridine rings is 1. The van der Waals surface area contributed by atoms with E-state index >= 15 is 0 Å². The molecule has 0 unspecified atom stereocenters. The minimum atomic E-state index is -0.384. The molecule has 3 aromatic rings. The molecule has 1 aromatic heterocycles. The summed E-state index contributed by atoms with van der Waals surface area (Å²) in [5, 5.41) is 0. The number of H-pyrrole nitrogens is 1. The number of hydrogen-bond acceptors (Lipinski definition) is 3. The van der Waals surface area contributed by atoms with Crippen molar-refractivity contribution in [2.24, 2.45) is 0 Å². The first kappa shape index (κ1) is 19.4. The molecule has 3 rings (SSSR count). The zero-order chi connectivity index (χ0) is 20.3. The number of aromatic nitrogens is 1. The van der Waals surface area contributed by atoms with Gasteiger partial charge in [0.1, 0.15) is 5.56 Å². The van der Waals surface area contributed by atoms with Gasteiger partial charge in [-0.3, -0.25) is 9.59 Å². The molecule has 144 valence electrons. The van der Waals surface area contributed by atoms with Gasteiger partial charge in [0.2, 0.25) is 0 Å². The van der Waals surface area contributed by atoms with Crippen LogP contribution in [0, 0.1) is 13.8 Å². The van der Waals surface area contributed by atoms with Crippen LogP contribution in [0.5, 0.6) is 0 Å². The highest BCUT2D eigenvalue weighted by molar-refractivity contribution is 6.06. The minimum Gasteiger partial charge on any atom is -0.378 e. The lowest BCUT2D eigenvalue weighted by Gasteiger charge is -2.25. The molecule has 28 heavy (non-hydrogen) atoms. The van der Waals surface area contributed by atoms with Gasteiger partial charge in [0.25, 0.3) is 11.5 Å². The fraction of sp³-hybridized carbons (Fsp3) is 0.217. The van der Waals surface area contributed by atoms with Crippen molar-refractivity contribution in [1.82, 2.24) is 4.98 Å². The quantitative estimate of drug-likeness (QED) is 0.736. The third-order valence-electron chi connectivity index (χ3n) is 4.74. The first-order valence-electron chi connectivity index (χ1n) is 9.20. The molecule has 1 heterocycles. The fourth-order valence-corrected chi connectivity index (χ4v) is 3.09. The van der Waals surface area contributed by atoms with E-state index in [4.69, 9.17) is 0 Å². The van der Waals surface area contributed by atoms with Crippen LogP contribution in [-0.2, 0) is 6.54 Å². The SMILES string of the molecule is Cc1ccc(C)c(N(Cc2ccc(N(C)C)cc2)C(=O)c2ccc[nH]c2=O)c1. The van der Waals surface area contributed by atoms with Gasteiger partial charge < -0.3 is 14.8 Å². The van der Waals surface area contributed by atoms with Gasteiger partial charge in [0.05, 0.1) is 6.54 Å². The zero-order valence-corrected chi connectivity index (χ0v) is 16.7. The highest BCUT2D eigenvalue weighted by Crippen LogP contribution is 2.25. The van der Waals surface area contributed by atoms with Gasteiger partial charge in [-0.2, -0.15) is 0 Å². The van der Waals surface area contributed by atoms with E-state index in [1.807, 2.05) is 75.3 Å². The molecule has 0 radical (unpaired) electrons. The van der Waals surface area contributed by atoms with E-state index in [2.05, 4.69) is 4.98 Å². The molecule has 0 bridgehead atoms. The van der Waals surface area contributed by atoms with Crippen LogP contribution in [0.25, 0.3) is 0 Å². The molecule has 0 aliphatic rings. The lowest BCUT2D eigenvalue weighted by Crippen LogP contribution is -2.34. The van der Waals surface area contributed by atoms with Gasteiger partial charge in [-0.05, 0) is 60.9 Å². The summed E-state index contributed by atoms with van der Waals surface area (Å²) in [6, 6.07) is 17.3. The Hall–Kier alpha value is -3.34. The number of hydrogen-bond donors (Lipinski definition) is 1. The topological polar surface area (TPSA) is 56.4 Å². The standard InChI is InChI=1S/C23H25N3O2/c1-16-7-8-17(2)21(14-16)26(23(28)20-6-5-13-24-22(20)27)15-18-9-11-19(12-10-18)25(3)4/h5-14H,15H2,1-4H3,(H,24,27). The molecule has 1 N–H and O–H groups in total. The number of rotatable bonds is 5. The van der Waals surface area contributed by atoms with Crippen molar-refractivity contribution < 1.29 is 4.79 Å². The van der Waals surface area contributed by atoms with E-state index in [-0.39, 0.29) is 17.0 Å². The van der Waals surface area contributed by atoms with Crippen LogP contribution in [0.15, 0.2) is 65.6 Å². The zero-order valence-electron chi connectivity index (χ0n) is 16.7. The second-order valence-corrected chi connectivity index (χ2v) is 7.16. The van der Waals surface area contributed by atoms with Crippen molar-refractivity contribution in [2.75, 3.05) is 23.9 Å². The Morgan fingerprint density at radius 1 is 1.00 bits per heavy atom. The minimum absolute atomic E-state index is 0.133. The van der Waals surface area contributed by atoms with E-state index in [1.54, 1.807) is 17.0 Å². The van der Waals surface area contributed by atoms with Gasteiger partial charge in [-0.15, -0.1) is 0 Å². The van der Waals surface area contributed by atoms with Crippen LogP contribution in [0.2, 0.25) is 0 Å². The number of carbonyl (C=O) groups excluding carboxylic acids is 1. The van der Waals surface area contributed by atoms with E-state index in [0.29, 0.717) is 6.54 Å². The Morgan fingerprint density at radius 3 is 2.36 bits per heavy atom. The number of carbonyl (C=O) groups is 1. The number of benzene rings is 2. The number of amides is 1. The van der Waals surface area contributed by atoms with Gasteiger partial charge in [0, 0.05) is 31.7 Å². The summed E-state index contributed by atoms with van der Waals surface area (Å²) < 4.78 is 0. The molecule has 0 aliphatic heterocycles. The van der Waals surface area contributed by atoms with Crippen molar-refractivity contribution in [2.45, 2.75) is 20.4 Å². The van der Waals surface area contributed by atoms with Crippen molar-refractivity contribution in [1.29, 1.82) is 0 Å². The molecular weight excluding hydrogens is 350 g/mol. The summed E-state index contributed by atoms with van der Waals surface area (Å²) >= 11 is 0. The maximum absolute atomic E-state index is 13.3. The maximum Gasteiger partial charge on any atom is 0.264 e. The van der Waals surface area contributed by atoms with Crippen molar-refractivity contribution in [3.05, 3.63) is 93.4 Å². The van der Waals surface area contributed by atoms with Crippen molar-refractivity contribution >= 4 is 17.3 Å². The largest absolute Gasteiger partial charge is 0.378 e. The molecule has 1 amide bonds. The number of nitrogens with zero attached hydrogens (tertiary/aromatic N) is 2. The second kappa shape index (κ2) is 8.13. The van der Waals surface area contributed by atoms with Gasteiger partial charge in [-0.25, -0.2) is 0 Å². The Kier molecular flexibility index (Phi) is 5.64. The molecular formula is C23H25N3O2. The van der Waals surface area contributed by atoms with Crippen LogP contribution < -0.4 is 15.4 Å². The van der Waals surface area contributed by atoms with Gasteiger partial charge in [0.15, 0.2) is 0 Å². The second-order valence-electron chi connectivity index (χ2n) is 7.16. The monoisotopic (exact) mass is 375 g/mol. The average molecular weight is 375 g/mol. The van der Waals surface area contributed by atoms with E-state index < -0.39 is 0 Å². The highest BCUT2D eigenvalue weighted by Gasteiger charge is 2.22. The Morgan fingerprint density at radius 2 is 1.71 bits per heavy atom. The molecule has 0 fully saturated rings. The van der Waals surface area contributed by atoms with Crippen LogP contribution in [0.1, 0.15) is 27.0 Å². The first-order chi connectivity index (χ1) is 13.4. The Balaban J connectivity index is 2.04. The van der Waals surface area contributed by atoms with Gasteiger partial charge >= 0.3 is 0 Å². The van der Waals surface area contributed by atoms with Crippen molar-refractivity contribution in [3.63, 3.8) is 0 Å². The summed E-state index contributed by atoms with van der Waals surface area (Å²) in [7, 11) is 3.98. The number of anilines is 2. The van der Waals surface area contributed by atoms with Crippen molar-refractivity contribution in [3.8, 4) is 0 Å². The van der Waals surface area contributed by atoms with Crippen LogP contribution >= 0.6 is 0 Å². The summed E-state index contributed by atoms with van der Waals surface area (Å²) in [6.45, 7) is 4.34. The fourth-order valence-electron chi connectivity index (χ4n) is 3.09. The average Bonchev–Trinajstić information content (AvgIpc) is 2.68. The summed E-state index contributed by atoms with van der Waals surface area (Å²) in [6.07, 6.45) is 1.53. The molecule has 0 atom stereocenters. The van der Waals surface area contributed by atoms with Crippen LogP contribution in [-0.4, -0.2) is 25.0 Å². The maximum atomic E-state index is 13.3. The molecule has 0 aliphatic carbocycles. The van der Waals surface area contributed by atoms with E-state index in [9.17, 15) is 9.59 Å². The lowest BCUT2D eigenvalue weighted by molar-refractivity contribution is 0.0983. The normalized spacial score (nSPS) is 10.6. The third kappa shape index (κ3) is 4.14. The summed E-state index contributed by atoms with van der Waals surface area (Å²) in [5.41, 5.74) is 4.68. The molecule has 5 heteroatoms.